The number of nitrogens with one attached hydrogen (secondary N) is 2. The molecular weight excluding hydrogens is 250 g/mol. The molecule has 0 bridgehead atoms. The summed E-state index contributed by atoms with van der Waals surface area (Å²) in [6, 6.07) is 1.63. The van der Waals surface area contributed by atoms with Gasteiger partial charge in [-0.15, -0.1) is 0 Å². The molecule has 0 aliphatic carbocycles. The third kappa shape index (κ3) is 3.83. The summed E-state index contributed by atoms with van der Waals surface area (Å²) in [5.74, 6) is 0. The van der Waals surface area contributed by atoms with E-state index in [2.05, 4.69) is 10.0 Å². The van der Waals surface area contributed by atoms with Gasteiger partial charge in [-0.25, -0.2) is 13.1 Å². The van der Waals surface area contributed by atoms with Crippen molar-refractivity contribution < 1.29 is 8.42 Å². The molecule has 2 N–H and O–H groups in total. The van der Waals surface area contributed by atoms with Crippen LogP contribution in [-0.4, -0.2) is 25.6 Å². The Morgan fingerprint density at radius 3 is 2.50 bits per heavy atom. The second-order valence-corrected chi connectivity index (χ2v) is 6.22. The predicted molar refractivity (Wildman–Crippen MR) is 72.9 cm³/mol. The van der Waals surface area contributed by atoms with Gasteiger partial charge in [-0.05, 0) is 33.4 Å². The second kappa shape index (κ2) is 6.36. The number of rotatable bonds is 7. The van der Waals surface area contributed by atoms with Crippen molar-refractivity contribution >= 4 is 10.0 Å². The summed E-state index contributed by atoms with van der Waals surface area (Å²) in [6.07, 6.45) is 1.69. The van der Waals surface area contributed by atoms with Gasteiger partial charge in [0.05, 0.1) is 4.90 Å². The zero-order valence-electron chi connectivity index (χ0n) is 11.5. The van der Waals surface area contributed by atoms with E-state index in [0.717, 1.165) is 18.8 Å². The van der Waals surface area contributed by atoms with Crippen LogP contribution in [-0.2, 0) is 23.1 Å². The highest BCUT2D eigenvalue weighted by atomic mass is 32.2. The Labute approximate surface area is 110 Å². The van der Waals surface area contributed by atoms with E-state index in [1.165, 1.54) is 0 Å². The number of aryl methyl sites for hydroxylation is 1. The fourth-order valence-electron chi connectivity index (χ4n) is 1.75. The number of nitrogens with zero attached hydrogens (tertiary/aromatic N) is 1. The molecule has 0 unspecified atom stereocenters. The van der Waals surface area contributed by atoms with Crippen LogP contribution < -0.4 is 10.0 Å². The van der Waals surface area contributed by atoms with Crippen molar-refractivity contribution in [2.45, 2.75) is 51.7 Å². The van der Waals surface area contributed by atoms with Gasteiger partial charge in [-0.3, -0.25) is 0 Å². The molecule has 0 spiro atoms. The van der Waals surface area contributed by atoms with E-state index in [4.69, 9.17) is 0 Å². The quantitative estimate of drug-likeness (QED) is 0.787. The molecule has 0 fully saturated rings. The topological polar surface area (TPSA) is 63.1 Å². The predicted octanol–water partition coefficient (Wildman–Crippen LogP) is 1.30. The maximum atomic E-state index is 12.1. The number of hydrogen-bond donors (Lipinski definition) is 2. The summed E-state index contributed by atoms with van der Waals surface area (Å²) in [4.78, 5) is 0.339. The zero-order chi connectivity index (χ0) is 13.8. The van der Waals surface area contributed by atoms with Crippen molar-refractivity contribution in [2.24, 2.45) is 0 Å². The smallest absolute Gasteiger partial charge is 0.242 e. The average molecular weight is 273 g/mol. The van der Waals surface area contributed by atoms with Gasteiger partial charge in [0.25, 0.3) is 0 Å². The molecule has 1 heterocycles. The maximum absolute atomic E-state index is 12.1. The monoisotopic (exact) mass is 273 g/mol. The van der Waals surface area contributed by atoms with Crippen molar-refractivity contribution in [3.05, 3.63) is 18.0 Å². The average Bonchev–Trinajstić information content (AvgIpc) is 2.68. The van der Waals surface area contributed by atoms with Gasteiger partial charge in [0.2, 0.25) is 10.0 Å². The third-order valence-corrected chi connectivity index (χ3v) is 4.18. The minimum absolute atomic E-state index is 0.0998. The fraction of sp³-hybridized carbons (Fsp3) is 0.667. The molecule has 0 aliphatic rings. The Morgan fingerprint density at radius 1 is 1.33 bits per heavy atom. The Morgan fingerprint density at radius 2 is 2.00 bits per heavy atom. The van der Waals surface area contributed by atoms with Gasteiger partial charge in [-0.2, -0.15) is 0 Å². The lowest BCUT2D eigenvalue weighted by Gasteiger charge is -2.07. The Bertz CT molecular complexity index is 478. The van der Waals surface area contributed by atoms with E-state index in [-0.39, 0.29) is 6.04 Å². The second-order valence-electron chi connectivity index (χ2n) is 4.51. The molecule has 1 aromatic rings. The standard InChI is InChI=1S/C12H23N3O2S/c1-5-13-8-11-7-12(9-15(11)6-2)18(16,17)14-10(3)4/h7,9-10,13-14H,5-6,8H2,1-4H3. The Balaban J connectivity index is 3.00. The Kier molecular flexibility index (Phi) is 5.37. The number of hydrogen-bond acceptors (Lipinski definition) is 3. The minimum atomic E-state index is -3.39. The summed E-state index contributed by atoms with van der Waals surface area (Å²) >= 11 is 0. The summed E-state index contributed by atoms with van der Waals surface area (Å²) in [5.41, 5.74) is 0.989. The minimum Gasteiger partial charge on any atom is -0.349 e. The largest absolute Gasteiger partial charge is 0.349 e. The molecule has 18 heavy (non-hydrogen) atoms. The molecule has 5 nitrogen and oxygen atoms in total. The van der Waals surface area contributed by atoms with Crippen LogP contribution in [0.1, 0.15) is 33.4 Å². The lowest BCUT2D eigenvalue weighted by Crippen LogP contribution is -2.29. The van der Waals surface area contributed by atoms with Crippen molar-refractivity contribution in [3.8, 4) is 0 Å². The van der Waals surface area contributed by atoms with Crippen LogP contribution in [0.3, 0.4) is 0 Å². The van der Waals surface area contributed by atoms with Crippen LogP contribution in [0.4, 0.5) is 0 Å². The zero-order valence-corrected chi connectivity index (χ0v) is 12.3. The highest BCUT2D eigenvalue weighted by Crippen LogP contribution is 2.15. The third-order valence-electron chi connectivity index (χ3n) is 2.56. The van der Waals surface area contributed by atoms with Gasteiger partial charge >= 0.3 is 0 Å². The van der Waals surface area contributed by atoms with E-state index in [1.54, 1.807) is 12.3 Å². The van der Waals surface area contributed by atoms with Crippen LogP contribution in [0, 0.1) is 0 Å². The van der Waals surface area contributed by atoms with E-state index < -0.39 is 10.0 Å². The van der Waals surface area contributed by atoms with Gasteiger partial charge in [0.15, 0.2) is 0 Å². The van der Waals surface area contributed by atoms with Crippen LogP contribution in [0.5, 0.6) is 0 Å². The fourth-order valence-corrected chi connectivity index (χ4v) is 3.06. The van der Waals surface area contributed by atoms with Crippen molar-refractivity contribution in [1.82, 2.24) is 14.6 Å². The van der Waals surface area contributed by atoms with Gasteiger partial charge in [0.1, 0.15) is 0 Å². The van der Waals surface area contributed by atoms with Crippen LogP contribution >= 0.6 is 0 Å². The molecule has 0 saturated carbocycles. The molecule has 6 heteroatoms. The van der Waals surface area contributed by atoms with Crippen LogP contribution in [0.25, 0.3) is 0 Å². The van der Waals surface area contributed by atoms with E-state index in [1.807, 2.05) is 32.3 Å². The molecule has 0 aromatic carbocycles. The highest BCUT2D eigenvalue weighted by molar-refractivity contribution is 7.89. The summed E-state index contributed by atoms with van der Waals surface area (Å²) in [7, 11) is -3.39. The normalized spacial score (nSPS) is 12.3. The molecule has 0 saturated heterocycles. The number of sulfonamides is 1. The summed E-state index contributed by atoms with van der Waals surface area (Å²) < 4.78 is 28.7. The van der Waals surface area contributed by atoms with Crippen LogP contribution in [0.15, 0.2) is 17.2 Å². The van der Waals surface area contributed by atoms with E-state index >= 15 is 0 Å². The molecule has 104 valence electrons. The lowest BCUT2D eigenvalue weighted by molar-refractivity contribution is 0.569. The van der Waals surface area contributed by atoms with Crippen molar-refractivity contribution in [2.75, 3.05) is 6.54 Å². The molecule has 1 rings (SSSR count). The Hall–Kier alpha value is -0.850. The summed E-state index contributed by atoms with van der Waals surface area (Å²) in [5, 5.41) is 3.21. The molecule has 0 amide bonds. The molecular formula is C12H23N3O2S. The first-order valence-corrected chi connectivity index (χ1v) is 7.81. The summed E-state index contributed by atoms with van der Waals surface area (Å²) in [6.45, 7) is 9.96. The van der Waals surface area contributed by atoms with Gasteiger partial charge < -0.3 is 9.88 Å². The van der Waals surface area contributed by atoms with Crippen molar-refractivity contribution in [3.63, 3.8) is 0 Å². The molecule has 0 atom stereocenters. The van der Waals surface area contributed by atoms with E-state index in [0.29, 0.717) is 11.4 Å². The SMILES string of the molecule is CCNCc1cc(S(=O)(=O)NC(C)C)cn1CC. The van der Waals surface area contributed by atoms with E-state index in [9.17, 15) is 8.42 Å². The van der Waals surface area contributed by atoms with Gasteiger partial charge in [0, 0.05) is 31.0 Å². The van der Waals surface area contributed by atoms with Gasteiger partial charge in [-0.1, -0.05) is 6.92 Å². The number of aromatic nitrogens is 1. The molecule has 0 aliphatic heterocycles. The van der Waals surface area contributed by atoms with Crippen molar-refractivity contribution in [1.29, 1.82) is 0 Å². The van der Waals surface area contributed by atoms with Crippen LogP contribution in [0.2, 0.25) is 0 Å². The first-order chi connectivity index (χ1) is 8.40. The first-order valence-electron chi connectivity index (χ1n) is 6.32. The lowest BCUT2D eigenvalue weighted by atomic mass is 10.4. The first kappa shape index (κ1) is 15.2. The molecule has 1 aromatic heterocycles. The molecule has 0 radical (unpaired) electrons. The highest BCUT2D eigenvalue weighted by Gasteiger charge is 2.18. The maximum Gasteiger partial charge on any atom is 0.242 e.